The molecule has 4 nitrogen and oxygen atoms in total. The summed E-state index contributed by atoms with van der Waals surface area (Å²) in [4.78, 5) is 20.8. The third-order valence-electron chi connectivity index (χ3n) is 1.98. The predicted molar refractivity (Wildman–Crippen MR) is 55.8 cm³/mol. The lowest BCUT2D eigenvalue weighted by molar-refractivity contribution is -0.385. The highest BCUT2D eigenvalue weighted by Gasteiger charge is 2.37. The SMILES string of the molecule is CC(=O)c1c(C(F)(F)F)ccc([N+](=O)[O-])c1Br. The average molecular weight is 312 g/mol. The zero-order valence-electron chi connectivity index (χ0n) is 8.34. The van der Waals surface area contributed by atoms with E-state index in [0.29, 0.717) is 12.1 Å². The molecule has 0 aliphatic rings. The van der Waals surface area contributed by atoms with Crippen LogP contribution in [0.5, 0.6) is 0 Å². The second kappa shape index (κ2) is 4.44. The Morgan fingerprint density at radius 3 is 2.29 bits per heavy atom. The molecule has 1 aromatic carbocycles. The first-order valence-corrected chi connectivity index (χ1v) is 5.00. The Balaban J connectivity index is 3.63. The molecule has 0 heterocycles. The van der Waals surface area contributed by atoms with Crippen LogP contribution < -0.4 is 0 Å². The summed E-state index contributed by atoms with van der Waals surface area (Å²) in [6.45, 7) is 0.916. The van der Waals surface area contributed by atoms with Gasteiger partial charge in [-0.05, 0) is 28.9 Å². The average Bonchev–Trinajstić information content (AvgIpc) is 2.14. The lowest BCUT2D eigenvalue weighted by Crippen LogP contribution is -2.13. The molecular weight excluding hydrogens is 307 g/mol. The summed E-state index contributed by atoms with van der Waals surface area (Å²) in [5.74, 6) is -0.895. The quantitative estimate of drug-likeness (QED) is 0.476. The van der Waals surface area contributed by atoms with Gasteiger partial charge >= 0.3 is 6.18 Å². The number of rotatable bonds is 2. The van der Waals surface area contributed by atoms with Crippen molar-refractivity contribution in [3.63, 3.8) is 0 Å². The van der Waals surface area contributed by atoms with E-state index in [1.165, 1.54) is 0 Å². The molecule has 0 saturated carbocycles. The molecular formula is C9H5BrF3NO3. The summed E-state index contributed by atoms with van der Waals surface area (Å²) in [6, 6.07) is 1.24. The van der Waals surface area contributed by atoms with Crippen molar-refractivity contribution in [2.24, 2.45) is 0 Å². The van der Waals surface area contributed by atoms with Gasteiger partial charge in [-0.1, -0.05) is 0 Å². The maximum Gasteiger partial charge on any atom is 0.417 e. The minimum Gasteiger partial charge on any atom is -0.294 e. The molecule has 0 aliphatic heterocycles. The van der Waals surface area contributed by atoms with Crippen LogP contribution in [0.3, 0.4) is 0 Å². The van der Waals surface area contributed by atoms with Crippen LogP contribution in [0.15, 0.2) is 16.6 Å². The molecule has 0 atom stereocenters. The fourth-order valence-corrected chi connectivity index (χ4v) is 2.06. The first-order valence-electron chi connectivity index (χ1n) is 4.21. The summed E-state index contributed by atoms with van der Waals surface area (Å²) in [6.07, 6.45) is -4.74. The zero-order valence-corrected chi connectivity index (χ0v) is 9.92. The number of nitro groups is 1. The lowest BCUT2D eigenvalue weighted by atomic mass is 10.0. The molecule has 92 valence electrons. The molecule has 0 saturated heterocycles. The Kier molecular flexibility index (Phi) is 3.56. The summed E-state index contributed by atoms with van der Waals surface area (Å²) in [5, 5.41) is 10.5. The molecule has 17 heavy (non-hydrogen) atoms. The Labute approximate surface area is 102 Å². The van der Waals surface area contributed by atoms with Crippen LogP contribution in [0.25, 0.3) is 0 Å². The molecule has 0 aliphatic carbocycles. The van der Waals surface area contributed by atoms with Crippen molar-refractivity contribution in [2.45, 2.75) is 13.1 Å². The van der Waals surface area contributed by atoms with Crippen LogP contribution in [-0.4, -0.2) is 10.7 Å². The van der Waals surface area contributed by atoms with Crippen molar-refractivity contribution < 1.29 is 22.9 Å². The van der Waals surface area contributed by atoms with E-state index in [0.717, 1.165) is 6.92 Å². The summed E-state index contributed by atoms with van der Waals surface area (Å²) in [7, 11) is 0. The molecule has 0 fully saturated rings. The van der Waals surface area contributed by atoms with Crippen LogP contribution in [0.1, 0.15) is 22.8 Å². The lowest BCUT2D eigenvalue weighted by Gasteiger charge is -2.12. The Morgan fingerprint density at radius 2 is 1.94 bits per heavy atom. The van der Waals surface area contributed by atoms with Gasteiger partial charge in [-0.2, -0.15) is 13.2 Å². The number of Topliss-reactive ketones (excluding diaryl/α,β-unsaturated/α-hetero) is 1. The summed E-state index contributed by atoms with van der Waals surface area (Å²) in [5.41, 5.74) is -2.50. The van der Waals surface area contributed by atoms with Crippen molar-refractivity contribution in [1.29, 1.82) is 0 Å². The number of hydrogen-bond acceptors (Lipinski definition) is 3. The van der Waals surface area contributed by atoms with E-state index in [-0.39, 0.29) is 0 Å². The molecule has 0 spiro atoms. The van der Waals surface area contributed by atoms with E-state index in [2.05, 4.69) is 15.9 Å². The van der Waals surface area contributed by atoms with E-state index in [4.69, 9.17) is 0 Å². The summed E-state index contributed by atoms with van der Waals surface area (Å²) >= 11 is 2.66. The highest BCUT2D eigenvalue weighted by molar-refractivity contribution is 9.10. The molecule has 0 bridgehead atoms. The van der Waals surface area contributed by atoms with Gasteiger partial charge in [0.2, 0.25) is 0 Å². The number of alkyl halides is 3. The van der Waals surface area contributed by atoms with Gasteiger partial charge in [0.25, 0.3) is 5.69 Å². The fourth-order valence-electron chi connectivity index (χ4n) is 1.29. The van der Waals surface area contributed by atoms with Crippen molar-refractivity contribution >= 4 is 27.4 Å². The van der Waals surface area contributed by atoms with Gasteiger partial charge in [-0.3, -0.25) is 14.9 Å². The van der Waals surface area contributed by atoms with Gasteiger partial charge in [0.05, 0.1) is 16.1 Å². The largest absolute Gasteiger partial charge is 0.417 e. The molecule has 0 aromatic heterocycles. The number of nitrogens with zero attached hydrogens (tertiary/aromatic N) is 1. The third kappa shape index (κ3) is 2.63. The zero-order chi connectivity index (χ0) is 13.4. The van der Waals surface area contributed by atoms with E-state index in [9.17, 15) is 28.1 Å². The van der Waals surface area contributed by atoms with Crippen molar-refractivity contribution in [3.05, 3.63) is 37.8 Å². The summed E-state index contributed by atoms with van der Waals surface area (Å²) < 4.78 is 37.3. The molecule has 0 amide bonds. The van der Waals surface area contributed by atoms with Gasteiger partial charge < -0.3 is 0 Å². The highest BCUT2D eigenvalue weighted by Crippen LogP contribution is 2.39. The maximum absolute atomic E-state index is 12.6. The highest BCUT2D eigenvalue weighted by atomic mass is 79.9. The Hall–Kier alpha value is -1.44. The second-order valence-electron chi connectivity index (χ2n) is 3.13. The Morgan fingerprint density at radius 1 is 1.41 bits per heavy atom. The number of halogens is 4. The fraction of sp³-hybridized carbons (Fsp3) is 0.222. The first-order chi connectivity index (χ1) is 7.66. The van der Waals surface area contributed by atoms with E-state index < -0.39 is 38.2 Å². The van der Waals surface area contributed by atoms with E-state index in [1.54, 1.807) is 0 Å². The molecule has 0 N–H and O–H groups in total. The van der Waals surface area contributed by atoms with Crippen LogP contribution in [-0.2, 0) is 6.18 Å². The standard InChI is InChI=1S/C9H5BrF3NO3/c1-4(15)7-5(9(11,12)13)2-3-6(8(7)10)14(16)17/h2-3H,1H3. The first kappa shape index (κ1) is 13.6. The van der Waals surface area contributed by atoms with Crippen LogP contribution in [0.4, 0.5) is 18.9 Å². The van der Waals surface area contributed by atoms with Crippen LogP contribution in [0, 0.1) is 10.1 Å². The minimum absolute atomic E-state index is 0.454. The number of carbonyl (C=O) groups excluding carboxylic acids is 1. The van der Waals surface area contributed by atoms with Gasteiger partial charge in [0.1, 0.15) is 4.47 Å². The van der Waals surface area contributed by atoms with E-state index >= 15 is 0 Å². The van der Waals surface area contributed by atoms with Crippen molar-refractivity contribution in [3.8, 4) is 0 Å². The molecule has 1 aromatic rings. The number of nitro benzene ring substituents is 1. The van der Waals surface area contributed by atoms with Crippen LogP contribution >= 0.6 is 15.9 Å². The molecule has 1 rings (SSSR count). The smallest absolute Gasteiger partial charge is 0.294 e. The van der Waals surface area contributed by atoms with Gasteiger partial charge in [-0.25, -0.2) is 0 Å². The third-order valence-corrected chi connectivity index (χ3v) is 2.78. The number of carbonyl (C=O) groups is 1. The van der Waals surface area contributed by atoms with Crippen LogP contribution in [0.2, 0.25) is 0 Å². The number of benzene rings is 1. The van der Waals surface area contributed by atoms with E-state index in [1.807, 2.05) is 0 Å². The molecule has 8 heteroatoms. The van der Waals surface area contributed by atoms with Gasteiger partial charge in [-0.15, -0.1) is 0 Å². The number of ketones is 1. The Bertz CT molecular complexity index is 499. The van der Waals surface area contributed by atoms with Gasteiger partial charge in [0, 0.05) is 6.07 Å². The van der Waals surface area contributed by atoms with Crippen molar-refractivity contribution in [1.82, 2.24) is 0 Å². The monoisotopic (exact) mass is 311 g/mol. The topological polar surface area (TPSA) is 60.2 Å². The molecule has 0 radical (unpaired) electrons. The predicted octanol–water partition coefficient (Wildman–Crippen LogP) is 3.58. The van der Waals surface area contributed by atoms with Crippen molar-refractivity contribution in [2.75, 3.05) is 0 Å². The second-order valence-corrected chi connectivity index (χ2v) is 3.93. The normalized spacial score (nSPS) is 11.4. The molecule has 0 unspecified atom stereocenters. The maximum atomic E-state index is 12.6. The number of hydrogen-bond donors (Lipinski definition) is 0. The minimum atomic E-state index is -4.74. The van der Waals surface area contributed by atoms with Gasteiger partial charge in [0.15, 0.2) is 5.78 Å².